The summed E-state index contributed by atoms with van der Waals surface area (Å²) in [5.74, 6) is 0. The number of ether oxygens (including phenoxy) is 2. The highest BCUT2D eigenvalue weighted by atomic mass is 16.5. The second-order valence-corrected chi connectivity index (χ2v) is 11.4. The van der Waals surface area contributed by atoms with Crippen molar-refractivity contribution >= 4 is 0 Å². The number of methoxy groups -OCH3 is 2. The highest BCUT2D eigenvalue weighted by Gasteiger charge is 1.97. The minimum Gasteiger partial charge on any atom is -0.505 e. The molecule has 0 N–H and O–H groups in total. The molecule has 0 aromatic heterocycles. The zero-order valence-electron chi connectivity index (χ0n) is 26.6. The Morgan fingerprint density at radius 2 is 0.316 bits per heavy atom. The Hall–Kier alpha value is -0.920. The molecule has 38 heavy (non-hydrogen) atoms. The monoisotopic (exact) mass is 537 g/mol. The molecule has 3 aliphatic rings. The molecular weight excluding hydrogens is 464 g/mol. The maximum absolute atomic E-state index is 4.31. The van der Waals surface area contributed by atoms with E-state index in [4.69, 9.17) is 0 Å². The molecule has 2 nitrogen and oxygen atoms in total. The van der Waals surface area contributed by atoms with E-state index in [1.54, 1.807) is 14.2 Å². The lowest BCUT2D eigenvalue weighted by molar-refractivity contribution is 0.339. The van der Waals surface area contributed by atoms with Gasteiger partial charge in [-0.3, -0.25) is 0 Å². The first-order valence-corrected chi connectivity index (χ1v) is 17.1. The van der Waals surface area contributed by atoms with Gasteiger partial charge in [0.15, 0.2) is 0 Å². The fourth-order valence-corrected chi connectivity index (χ4v) is 5.30. The minimum absolute atomic E-state index is 1.38. The van der Waals surface area contributed by atoms with E-state index in [0.29, 0.717) is 0 Å². The SMILES string of the molecule is C1CCCCCCCCC1.C1CCCCCCCCC1.C1CCCCCCCCC1.C=COC.C=COC. The quantitative estimate of drug-likeness (QED) is 0.327. The van der Waals surface area contributed by atoms with Gasteiger partial charge in [-0.05, 0) is 0 Å². The molecule has 228 valence electrons. The molecule has 2 heteroatoms. The van der Waals surface area contributed by atoms with Crippen LogP contribution in [0.1, 0.15) is 193 Å². The first-order chi connectivity index (χ1) is 18.8. The lowest BCUT2D eigenvalue weighted by Gasteiger charge is -2.05. The van der Waals surface area contributed by atoms with Crippen LogP contribution in [0.5, 0.6) is 0 Å². The lowest BCUT2D eigenvalue weighted by Crippen LogP contribution is -1.85. The standard InChI is InChI=1S/3C10H20.2C3H6O/c3*1-2-4-6-8-10-9-7-5-3-1;2*1-3-4-2/h3*1-10H2;2*3H,1H2,2H3. The summed E-state index contributed by atoms with van der Waals surface area (Å²) in [7, 11) is 3.12. The van der Waals surface area contributed by atoms with Gasteiger partial charge >= 0.3 is 0 Å². The van der Waals surface area contributed by atoms with Gasteiger partial charge in [-0.15, -0.1) is 0 Å². The molecule has 3 saturated carbocycles. The van der Waals surface area contributed by atoms with Crippen molar-refractivity contribution in [3.8, 4) is 0 Å². The van der Waals surface area contributed by atoms with Gasteiger partial charge in [0.25, 0.3) is 0 Å². The van der Waals surface area contributed by atoms with Crippen molar-refractivity contribution in [3.05, 3.63) is 25.7 Å². The molecule has 3 aliphatic carbocycles. The van der Waals surface area contributed by atoms with Crippen molar-refractivity contribution < 1.29 is 9.47 Å². The fraction of sp³-hybridized carbons (Fsp3) is 0.889. The van der Waals surface area contributed by atoms with Crippen molar-refractivity contribution in [3.63, 3.8) is 0 Å². The van der Waals surface area contributed by atoms with Gasteiger partial charge in [-0.1, -0.05) is 206 Å². The maximum atomic E-state index is 4.31. The highest BCUT2D eigenvalue weighted by molar-refractivity contribution is 4.53. The average Bonchev–Trinajstić information content (AvgIpc) is 2.99. The lowest BCUT2D eigenvalue weighted by atomic mass is 10.0. The van der Waals surface area contributed by atoms with Gasteiger partial charge in [-0.25, -0.2) is 0 Å². The second kappa shape index (κ2) is 40.6. The van der Waals surface area contributed by atoms with Crippen LogP contribution in [0.15, 0.2) is 25.7 Å². The predicted octanol–water partition coefficient (Wildman–Crippen LogP) is 13.3. The Kier molecular flexibility index (Phi) is 41.9. The van der Waals surface area contributed by atoms with E-state index >= 15 is 0 Å². The molecule has 0 aromatic rings. The van der Waals surface area contributed by atoms with E-state index in [9.17, 15) is 0 Å². The minimum atomic E-state index is 1.38. The maximum Gasteiger partial charge on any atom is 0.0766 e. The molecule has 0 bridgehead atoms. The molecule has 0 atom stereocenters. The first-order valence-electron chi connectivity index (χ1n) is 17.1. The van der Waals surface area contributed by atoms with Crippen molar-refractivity contribution in [1.82, 2.24) is 0 Å². The Morgan fingerprint density at radius 1 is 0.263 bits per heavy atom. The molecular formula is C36H72O2. The number of hydrogen-bond acceptors (Lipinski definition) is 2. The topological polar surface area (TPSA) is 18.5 Å². The summed E-state index contributed by atoms with van der Waals surface area (Å²) in [6.07, 6.45) is 47.8. The fourth-order valence-electron chi connectivity index (χ4n) is 5.30. The van der Waals surface area contributed by atoms with Crippen LogP contribution in [0.3, 0.4) is 0 Å². The third kappa shape index (κ3) is 42.2. The Morgan fingerprint density at radius 3 is 0.342 bits per heavy atom. The van der Waals surface area contributed by atoms with Crippen LogP contribution >= 0.6 is 0 Å². The van der Waals surface area contributed by atoms with Crippen molar-refractivity contribution in [2.75, 3.05) is 14.2 Å². The van der Waals surface area contributed by atoms with Gasteiger partial charge < -0.3 is 9.47 Å². The van der Waals surface area contributed by atoms with Crippen LogP contribution in [0, 0.1) is 0 Å². The zero-order chi connectivity index (χ0) is 28.0. The summed E-state index contributed by atoms with van der Waals surface area (Å²) in [6.45, 7) is 6.51. The largest absolute Gasteiger partial charge is 0.505 e. The third-order valence-electron chi connectivity index (χ3n) is 7.83. The predicted molar refractivity (Wildman–Crippen MR) is 173 cm³/mol. The van der Waals surface area contributed by atoms with E-state index in [1.165, 1.54) is 205 Å². The van der Waals surface area contributed by atoms with E-state index in [1.807, 2.05) is 0 Å². The van der Waals surface area contributed by atoms with Gasteiger partial charge in [0.05, 0.1) is 26.7 Å². The number of hydrogen-bond donors (Lipinski definition) is 0. The molecule has 3 rings (SSSR count). The molecule has 0 radical (unpaired) electrons. The summed E-state index contributed by atoms with van der Waals surface area (Å²) >= 11 is 0. The van der Waals surface area contributed by atoms with Crippen LogP contribution in [0.2, 0.25) is 0 Å². The second-order valence-electron chi connectivity index (χ2n) is 11.4. The van der Waals surface area contributed by atoms with Crippen LogP contribution in [0.25, 0.3) is 0 Å². The van der Waals surface area contributed by atoms with E-state index in [2.05, 4.69) is 22.6 Å². The van der Waals surface area contributed by atoms with Crippen LogP contribution < -0.4 is 0 Å². The normalized spacial score (nSPS) is 20.1. The molecule has 0 heterocycles. The molecule has 0 unspecified atom stereocenters. The van der Waals surface area contributed by atoms with Crippen molar-refractivity contribution in [2.24, 2.45) is 0 Å². The molecule has 3 fully saturated rings. The van der Waals surface area contributed by atoms with Gasteiger partial charge in [-0.2, -0.15) is 0 Å². The van der Waals surface area contributed by atoms with Crippen LogP contribution in [-0.4, -0.2) is 14.2 Å². The number of rotatable bonds is 2. The first kappa shape index (κ1) is 39.2. The van der Waals surface area contributed by atoms with Crippen molar-refractivity contribution in [2.45, 2.75) is 193 Å². The molecule has 0 aliphatic heterocycles. The summed E-state index contributed by atoms with van der Waals surface area (Å²) in [5, 5.41) is 0. The Balaban J connectivity index is 0. The van der Waals surface area contributed by atoms with Gasteiger partial charge in [0, 0.05) is 0 Å². The Bertz CT molecular complexity index is 251. The molecule has 0 spiro atoms. The van der Waals surface area contributed by atoms with Gasteiger partial charge in [0.2, 0.25) is 0 Å². The summed E-state index contributed by atoms with van der Waals surface area (Å²) in [6, 6.07) is 0. The smallest absolute Gasteiger partial charge is 0.0766 e. The van der Waals surface area contributed by atoms with Crippen LogP contribution in [0.4, 0.5) is 0 Å². The van der Waals surface area contributed by atoms with Crippen LogP contribution in [-0.2, 0) is 9.47 Å². The summed E-state index contributed by atoms with van der Waals surface area (Å²) in [5.41, 5.74) is 0. The average molecular weight is 537 g/mol. The van der Waals surface area contributed by atoms with E-state index in [0.717, 1.165) is 0 Å². The zero-order valence-corrected chi connectivity index (χ0v) is 26.6. The summed E-state index contributed by atoms with van der Waals surface area (Å²) < 4.78 is 8.61. The third-order valence-corrected chi connectivity index (χ3v) is 7.83. The molecule has 0 aromatic carbocycles. The molecule has 0 saturated heterocycles. The Labute approximate surface area is 241 Å². The van der Waals surface area contributed by atoms with E-state index < -0.39 is 0 Å². The molecule has 0 amide bonds. The highest BCUT2D eigenvalue weighted by Crippen LogP contribution is 2.17. The van der Waals surface area contributed by atoms with Crippen molar-refractivity contribution in [1.29, 1.82) is 0 Å². The van der Waals surface area contributed by atoms with Gasteiger partial charge in [0.1, 0.15) is 0 Å². The van der Waals surface area contributed by atoms with E-state index in [-0.39, 0.29) is 0 Å². The summed E-state index contributed by atoms with van der Waals surface area (Å²) in [4.78, 5) is 0.